The van der Waals surface area contributed by atoms with Crippen LogP contribution < -0.4 is 0 Å². The Hall–Kier alpha value is -6.88. The Morgan fingerprint density at radius 1 is 0.274 bits per heavy atom. The summed E-state index contributed by atoms with van der Waals surface area (Å²) in [7, 11) is -10.1. The van der Waals surface area contributed by atoms with Gasteiger partial charge in [0.05, 0.1) is 32.8 Å². The van der Waals surface area contributed by atoms with Crippen LogP contribution in [0.4, 0.5) is 0 Å². The number of carbonyl (C=O) groups excluding carboxylic acids is 4. The van der Waals surface area contributed by atoms with Crippen LogP contribution in [-0.4, -0.2) is 96.7 Å². The Bertz CT molecular complexity index is 2930. The lowest BCUT2D eigenvalue weighted by atomic mass is 10.1. The fourth-order valence-electron chi connectivity index (χ4n) is 8.94. The molecule has 0 aromatic heterocycles. The zero-order valence-corrected chi connectivity index (χ0v) is 66.3. The highest BCUT2D eigenvalue weighted by molar-refractivity contribution is 7.47. The molecule has 0 aromatic carbocycles. The summed E-state index contributed by atoms with van der Waals surface area (Å²) in [4.78, 5) is 72.9. The molecule has 3 N–H and O–H groups in total. The normalized spacial score (nSPS) is 15.1. The molecule has 0 rings (SSSR count). The summed E-state index contributed by atoms with van der Waals surface area (Å²) in [5, 5.41) is 10.6. The SMILES string of the molecule is CC/C=C\C/C=C\C/C=C\C/C=C\C/C=C\CCCC(=O)OCC(COP(=O)(O)OCC(O)COP(=O)(O)OCC(COC(=O)CCC/C=C\C/C=C\C/C=C\C/C=C\C/C=C\CC)OC(=O)CCCCCC/C=C\C/C=C\C/C=C\C/C=C\CC)OC(=O)C/C=C\C/C=C\C/C=C\C/C=C\C/C=C\CC. The minimum absolute atomic E-state index is 0.0398. The average molecular weight is 1510 g/mol. The highest BCUT2D eigenvalue weighted by Crippen LogP contribution is 2.45. The molecular formula is C87H132O17P2. The summed E-state index contributed by atoms with van der Waals surface area (Å²) >= 11 is 0. The third-order valence-corrected chi connectivity index (χ3v) is 16.5. The second kappa shape index (κ2) is 76.3. The summed E-state index contributed by atoms with van der Waals surface area (Å²) in [5.41, 5.74) is 0. The monoisotopic (exact) mass is 1510 g/mol. The standard InChI is InChI=1S/C87H132O17P2/c1-5-9-13-17-21-25-29-33-37-40-44-47-51-55-59-63-67-71-84(89)97-77-82(103-86(91)73-69-65-61-57-53-49-43-36-32-28-24-20-16-12-8-4)79-101-105(93,94)99-75-81(88)76-100-106(95,96)102-80-83(104-87(92)74-70-66-62-58-54-50-46-42-39-35-31-27-23-19-15-11-7-3)78-98-85(90)72-68-64-60-56-52-48-45-41-38-34-30-26-22-18-14-10-6-2/h9-16,21-28,33-39,43-48,50,53,55-57,59-60,65,69,81-83,88H,5-8,17-20,29-32,40-42,49,51-52,54,58,61-64,66-68,70-80H2,1-4H3,(H,93,94)(H,95,96)/b13-9-,14-10-,15-11-,16-12-,25-21-,26-22-,27-23-,28-24-,37-33-,38-34-,39-35-,43-36-,47-44-,48-45-,50-46-,57-53-,59-55-,60-56-,69-65-. The van der Waals surface area contributed by atoms with Crippen molar-refractivity contribution in [2.24, 2.45) is 0 Å². The van der Waals surface area contributed by atoms with Crippen LogP contribution in [0.1, 0.15) is 233 Å². The summed E-state index contributed by atoms with van der Waals surface area (Å²) in [6, 6.07) is 0. The molecule has 106 heavy (non-hydrogen) atoms. The Labute approximate surface area is 638 Å². The van der Waals surface area contributed by atoms with E-state index in [2.05, 4.69) is 210 Å². The number of allylic oxidation sites excluding steroid dienone is 37. The van der Waals surface area contributed by atoms with Crippen LogP contribution in [-0.2, 0) is 65.4 Å². The van der Waals surface area contributed by atoms with Crippen molar-refractivity contribution in [3.63, 3.8) is 0 Å². The maximum absolute atomic E-state index is 13.1. The summed E-state index contributed by atoms with van der Waals surface area (Å²) in [6.07, 6.45) is 98.0. The molecule has 17 nitrogen and oxygen atoms in total. The smallest absolute Gasteiger partial charge is 0.462 e. The fourth-order valence-corrected chi connectivity index (χ4v) is 10.5. The van der Waals surface area contributed by atoms with Crippen molar-refractivity contribution in [1.82, 2.24) is 0 Å². The van der Waals surface area contributed by atoms with Crippen LogP contribution in [0.5, 0.6) is 0 Å². The molecule has 5 unspecified atom stereocenters. The van der Waals surface area contributed by atoms with Crippen molar-refractivity contribution in [1.29, 1.82) is 0 Å². The van der Waals surface area contributed by atoms with Crippen LogP contribution in [0.15, 0.2) is 231 Å². The number of esters is 4. The number of phosphoric acid groups is 2. The number of hydrogen-bond donors (Lipinski definition) is 3. The first-order valence-electron chi connectivity index (χ1n) is 38.6. The van der Waals surface area contributed by atoms with E-state index in [1.54, 1.807) is 12.2 Å². The molecule has 0 aliphatic carbocycles. The molecule has 0 fully saturated rings. The van der Waals surface area contributed by atoms with Gasteiger partial charge in [0.1, 0.15) is 19.3 Å². The minimum Gasteiger partial charge on any atom is -0.462 e. The molecule has 592 valence electrons. The third kappa shape index (κ3) is 75.4. The predicted octanol–water partition coefficient (Wildman–Crippen LogP) is 22.7. The maximum Gasteiger partial charge on any atom is 0.472 e. The fraction of sp³-hybridized carbons (Fsp3) is 0.517. The zero-order chi connectivity index (χ0) is 77.4. The van der Waals surface area contributed by atoms with E-state index < -0.39 is 97.5 Å². The van der Waals surface area contributed by atoms with E-state index in [1.165, 1.54) is 0 Å². The molecule has 5 atom stereocenters. The molecule has 0 aromatic rings. The van der Waals surface area contributed by atoms with Crippen molar-refractivity contribution in [2.45, 2.75) is 251 Å². The lowest BCUT2D eigenvalue weighted by molar-refractivity contribution is -0.161. The number of unbranched alkanes of at least 4 members (excludes halogenated alkanes) is 6. The average Bonchev–Trinajstić information content (AvgIpc) is 0.901. The molecule has 0 heterocycles. The van der Waals surface area contributed by atoms with Crippen LogP contribution in [0.3, 0.4) is 0 Å². The Kier molecular flexibility index (Phi) is 71.4. The molecule has 0 saturated carbocycles. The van der Waals surface area contributed by atoms with E-state index in [9.17, 15) is 43.2 Å². The van der Waals surface area contributed by atoms with Crippen LogP contribution in [0.25, 0.3) is 0 Å². The van der Waals surface area contributed by atoms with E-state index >= 15 is 0 Å². The van der Waals surface area contributed by atoms with E-state index in [0.29, 0.717) is 38.5 Å². The molecule has 0 saturated heterocycles. The van der Waals surface area contributed by atoms with Crippen molar-refractivity contribution in [2.75, 3.05) is 39.6 Å². The van der Waals surface area contributed by atoms with Crippen LogP contribution in [0, 0.1) is 0 Å². The first kappa shape index (κ1) is 99.1. The zero-order valence-electron chi connectivity index (χ0n) is 64.5. The van der Waals surface area contributed by atoms with Crippen molar-refractivity contribution >= 4 is 39.5 Å². The van der Waals surface area contributed by atoms with Gasteiger partial charge in [0, 0.05) is 19.3 Å². The highest BCUT2D eigenvalue weighted by atomic mass is 31.2. The number of aliphatic hydroxyl groups is 1. The Morgan fingerprint density at radius 2 is 0.509 bits per heavy atom. The van der Waals surface area contributed by atoms with Crippen LogP contribution >= 0.6 is 15.6 Å². The number of ether oxygens (including phenoxy) is 4. The number of phosphoric ester groups is 2. The topological polar surface area (TPSA) is 237 Å². The van der Waals surface area contributed by atoms with Gasteiger partial charge in [-0.3, -0.25) is 37.3 Å². The van der Waals surface area contributed by atoms with E-state index in [0.717, 1.165) is 141 Å². The highest BCUT2D eigenvalue weighted by Gasteiger charge is 2.30. The lowest BCUT2D eigenvalue weighted by Gasteiger charge is -2.21. The second-order valence-corrected chi connectivity index (χ2v) is 27.3. The predicted molar refractivity (Wildman–Crippen MR) is 435 cm³/mol. The third-order valence-electron chi connectivity index (χ3n) is 14.6. The molecule has 0 amide bonds. The van der Waals surface area contributed by atoms with Gasteiger partial charge in [0.15, 0.2) is 12.2 Å². The number of hydrogen-bond acceptors (Lipinski definition) is 15. The Balaban J connectivity index is 5.60. The van der Waals surface area contributed by atoms with Gasteiger partial charge in [-0.05, 0) is 167 Å². The summed E-state index contributed by atoms with van der Waals surface area (Å²) < 4.78 is 68.3. The Morgan fingerprint density at radius 3 is 0.811 bits per heavy atom. The second-order valence-electron chi connectivity index (χ2n) is 24.4. The minimum atomic E-state index is -5.03. The number of aliphatic hydroxyl groups excluding tert-OH is 1. The first-order chi connectivity index (χ1) is 51.7. The maximum atomic E-state index is 13.1. The lowest BCUT2D eigenvalue weighted by Crippen LogP contribution is -2.30. The summed E-state index contributed by atoms with van der Waals surface area (Å²) in [6.45, 7) is 4.08. The van der Waals surface area contributed by atoms with E-state index in [1.807, 2.05) is 36.5 Å². The summed E-state index contributed by atoms with van der Waals surface area (Å²) in [5.74, 6) is -2.52. The van der Waals surface area contributed by atoms with Gasteiger partial charge in [-0.25, -0.2) is 9.13 Å². The van der Waals surface area contributed by atoms with Crippen LogP contribution in [0.2, 0.25) is 0 Å². The van der Waals surface area contributed by atoms with E-state index in [-0.39, 0.29) is 25.7 Å². The van der Waals surface area contributed by atoms with Gasteiger partial charge < -0.3 is 33.8 Å². The molecule has 0 spiro atoms. The van der Waals surface area contributed by atoms with Crippen molar-refractivity contribution < 1.29 is 80.2 Å². The molecule has 0 bridgehead atoms. The first-order valence-corrected chi connectivity index (χ1v) is 41.6. The largest absolute Gasteiger partial charge is 0.472 e. The van der Waals surface area contributed by atoms with Gasteiger partial charge in [-0.1, -0.05) is 271 Å². The van der Waals surface area contributed by atoms with Gasteiger partial charge >= 0.3 is 39.5 Å². The molecule has 0 aliphatic rings. The van der Waals surface area contributed by atoms with E-state index in [4.69, 9.17) is 37.0 Å². The van der Waals surface area contributed by atoms with Gasteiger partial charge in [-0.15, -0.1) is 0 Å². The molecule has 0 aliphatic heterocycles. The van der Waals surface area contributed by atoms with Crippen molar-refractivity contribution in [3.05, 3.63) is 231 Å². The van der Waals surface area contributed by atoms with Crippen molar-refractivity contribution in [3.8, 4) is 0 Å². The van der Waals surface area contributed by atoms with Gasteiger partial charge in [-0.2, -0.15) is 0 Å². The molecular weight excluding hydrogens is 1380 g/mol. The molecule has 0 radical (unpaired) electrons. The van der Waals surface area contributed by atoms with Gasteiger partial charge in [0.25, 0.3) is 0 Å². The number of carbonyl (C=O) groups is 4. The molecule has 19 heteroatoms. The quantitative estimate of drug-likeness (QED) is 0.0169. The van der Waals surface area contributed by atoms with Gasteiger partial charge in [0.2, 0.25) is 0 Å². The number of rotatable bonds is 69.